The molecule has 0 atom stereocenters. The van der Waals surface area contributed by atoms with E-state index in [1.807, 2.05) is 20.8 Å². The fraction of sp³-hybridized carbons (Fsp3) is 0.500. The Balaban J connectivity index is 2.66. The summed E-state index contributed by atoms with van der Waals surface area (Å²) in [6, 6.07) is 5.35. The highest BCUT2D eigenvalue weighted by atomic mass is 16.5. The fourth-order valence-corrected chi connectivity index (χ4v) is 1.51. The summed E-state index contributed by atoms with van der Waals surface area (Å²) in [5, 5.41) is 2.67. The molecular formula is C14H22N2O3. The molecule has 0 fully saturated rings. The van der Waals surface area contributed by atoms with Crippen LogP contribution in [-0.2, 0) is 11.3 Å². The lowest BCUT2D eigenvalue weighted by atomic mass is 10.2. The zero-order valence-corrected chi connectivity index (χ0v) is 11.7. The van der Waals surface area contributed by atoms with E-state index < -0.39 is 6.09 Å². The van der Waals surface area contributed by atoms with Gasteiger partial charge in [-0.2, -0.15) is 0 Å². The van der Waals surface area contributed by atoms with Crippen molar-refractivity contribution in [2.24, 2.45) is 11.7 Å². The Bertz CT molecular complexity index is 419. The lowest BCUT2D eigenvalue weighted by Gasteiger charge is -2.12. The van der Waals surface area contributed by atoms with Gasteiger partial charge >= 0.3 is 6.09 Å². The van der Waals surface area contributed by atoms with E-state index in [0.717, 1.165) is 11.3 Å². The predicted molar refractivity (Wildman–Crippen MR) is 75.3 cm³/mol. The third-order valence-corrected chi connectivity index (χ3v) is 2.37. The molecule has 0 aromatic heterocycles. The van der Waals surface area contributed by atoms with Crippen LogP contribution in [0.5, 0.6) is 5.75 Å². The van der Waals surface area contributed by atoms with Crippen LogP contribution < -0.4 is 15.8 Å². The number of hydrogen-bond donors (Lipinski definition) is 2. The molecule has 5 nitrogen and oxygen atoms in total. The second kappa shape index (κ2) is 7.63. The summed E-state index contributed by atoms with van der Waals surface area (Å²) < 4.78 is 10.5. The van der Waals surface area contributed by atoms with E-state index in [4.69, 9.17) is 15.2 Å². The number of hydrogen-bond acceptors (Lipinski definition) is 4. The zero-order chi connectivity index (χ0) is 14.3. The largest absolute Gasteiger partial charge is 0.494 e. The predicted octanol–water partition coefficient (Wildman–Crippen LogP) is 2.75. The molecule has 0 bridgehead atoms. The topological polar surface area (TPSA) is 73.6 Å². The van der Waals surface area contributed by atoms with Gasteiger partial charge in [0.1, 0.15) is 5.75 Å². The number of carbonyl (C=O) groups excluding carboxylic acids is 1. The van der Waals surface area contributed by atoms with Crippen LogP contribution >= 0.6 is 0 Å². The van der Waals surface area contributed by atoms with Gasteiger partial charge in [-0.3, -0.25) is 5.32 Å². The molecule has 0 heterocycles. The van der Waals surface area contributed by atoms with Crippen molar-refractivity contribution < 1.29 is 14.3 Å². The molecule has 19 heavy (non-hydrogen) atoms. The number of rotatable bonds is 6. The molecule has 1 amide bonds. The highest BCUT2D eigenvalue weighted by Gasteiger charge is 2.07. The van der Waals surface area contributed by atoms with E-state index in [-0.39, 0.29) is 0 Å². The highest BCUT2D eigenvalue weighted by Crippen LogP contribution is 2.22. The minimum atomic E-state index is -0.458. The van der Waals surface area contributed by atoms with Crippen LogP contribution in [0.4, 0.5) is 10.5 Å². The maximum absolute atomic E-state index is 11.5. The molecule has 0 aliphatic carbocycles. The Morgan fingerprint density at radius 1 is 1.42 bits per heavy atom. The van der Waals surface area contributed by atoms with Crippen LogP contribution in [0.3, 0.4) is 0 Å². The summed E-state index contributed by atoms with van der Waals surface area (Å²) in [7, 11) is 0. The average Bonchev–Trinajstić information content (AvgIpc) is 2.38. The summed E-state index contributed by atoms with van der Waals surface area (Å²) in [6.07, 6.45) is -0.458. The molecule has 0 aliphatic heterocycles. The Morgan fingerprint density at radius 3 is 2.74 bits per heavy atom. The van der Waals surface area contributed by atoms with Crippen molar-refractivity contribution in [1.82, 2.24) is 0 Å². The van der Waals surface area contributed by atoms with Gasteiger partial charge < -0.3 is 15.2 Å². The maximum Gasteiger partial charge on any atom is 0.411 e. The molecule has 0 radical (unpaired) electrons. The van der Waals surface area contributed by atoms with Gasteiger partial charge in [-0.25, -0.2) is 4.79 Å². The molecule has 106 valence electrons. The summed E-state index contributed by atoms with van der Waals surface area (Å²) in [5.41, 5.74) is 7.16. The standard InChI is InChI=1S/C14H22N2O3/c1-4-18-13-6-5-12(7-11(13)8-15)16-14(17)19-9-10(2)3/h5-7,10H,4,8-9,15H2,1-3H3,(H,16,17). The van der Waals surface area contributed by atoms with Gasteiger partial charge in [-0.1, -0.05) is 13.8 Å². The van der Waals surface area contributed by atoms with Crippen molar-refractivity contribution in [3.63, 3.8) is 0 Å². The van der Waals surface area contributed by atoms with Crippen molar-refractivity contribution in [2.45, 2.75) is 27.3 Å². The van der Waals surface area contributed by atoms with Gasteiger partial charge in [-0.15, -0.1) is 0 Å². The molecule has 1 rings (SSSR count). The van der Waals surface area contributed by atoms with Crippen LogP contribution in [0.15, 0.2) is 18.2 Å². The third kappa shape index (κ3) is 5.18. The average molecular weight is 266 g/mol. The van der Waals surface area contributed by atoms with Crippen LogP contribution in [0.1, 0.15) is 26.3 Å². The normalized spacial score (nSPS) is 10.4. The second-order valence-electron chi connectivity index (χ2n) is 4.58. The number of ether oxygens (including phenoxy) is 2. The molecule has 1 aromatic rings. The van der Waals surface area contributed by atoms with E-state index in [9.17, 15) is 4.79 Å². The number of anilines is 1. The monoisotopic (exact) mass is 266 g/mol. The number of nitrogens with two attached hydrogens (primary N) is 1. The molecule has 0 unspecified atom stereocenters. The van der Waals surface area contributed by atoms with E-state index in [0.29, 0.717) is 31.4 Å². The first kappa shape index (κ1) is 15.3. The van der Waals surface area contributed by atoms with E-state index in [2.05, 4.69) is 5.32 Å². The zero-order valence-electron chi connectivity index (χ0n) is 11.7. The first-order valence-corrected chi connectivity index (χ1v) is 6.46. The quantitative estimate of drug-likeness (QED) is 0.830. The van der Waals surface area contributed by atoms with Crippen LogP contribution in [-0.4, -0.2) is 19.3 Å². The SMILES string of the molecule is CCOc1ccc(NC(=O)OCC(C)C)cc1CN. The minimum absolute atomic E-state index is 0.311. The first-order valence-electron chi connectivity index (χ1n) is 6.46. The van der Waals surface area contributed by atoms with Crippen molar-refractivity contribution in [2.75, 3.05) is 18.5 Å². The van der Waals surface area contributed by atoms with E-state index >= 15 is 0 Å². The van der Waals surface area contributed by atoms with Gasteiger partial charge in [0.05, 0.1) is 13.2 Å². The smallest absolute Gasteiger partial charge is 0.411 e. The summed E-state index contributed by atoms with van der Waals surface area (Å²) in [4.78, 5) is 11.5. The van der Waals surface area contributed by atoms with Crippen LogP contribution in [0.2, 0.25) is 0 Å². The summed E-state index contributed by atoms with van der Waals surface area (Å²) in [6.45, 7) is 7.21. The number of nitrogens with one attached hydrogen (secondary N) is 1. The molecule has 1 aromatic carbocycles. The van der Waals surface area contributed by atoms with Crippen LogP contribution in [0.25, 0.3) is 0 Å². The minimum Gasteiger partial charge on any atom is -0.494 e. The molecule has 0 aliphatic rings. The van der Waals surface area contributed by atoms with Gasteiger partial charge in [0.25, 0.3) is 0 Å². The molecule has 3 N–H and O–H groups in total. The fourth-order valence-electron chi connectivity index (χ4n) is 1.51. The van der Waals surface area contributed by atoms with E-state index in [1.54, 1.807) is 18.2 Å². The lowest BCUT2D eigenvalue weighted by Crippen LogP contribution is -2.17. The maximum atomic E-state index is 11.5. The number of benzene rings is 1. The van der Waals surface area contributed by atoms with Crippen LogP contribution in [0, 0.1) is 5.92 Å². The third-order valence-electron chi connectivity index (χ3n) is 2.37. The molecule has 0 saturated heterocycles. The summed E-state index contributed by atoms with van der Waals surface area (Å²) >= 11 is 0. The van der Waals surface area contributed by atoms with Crippen molar-refractivity contribution >= 4 is 11.8 Å². The van der Waals surface area contributed by atoms with Gasteiger partial charge in [0.2, 0.25) is 0 Å². The molecule has 0 spiro atoms. The number of amides is 1. The molecule has 0 saturated carbocycles. The molecule has 5 heteroatoms. The van der Waals surface area contributed by atoms with Crippen molar-refractivity contribution in [3.05, 3.63) is 23.8 Å². The Kier molecular flexibility index (Phi) is 6.15. The second-order valence-corrected chi connectivity index (χ2v) is 4.58. The van der Waals surface area contributed by atoms with Crippen molar-refractivity contribution in [3.8, 4) is 5.75 Å². The number of carbonyl (C=O) groups is 1. The van der Waals surface area contributed by atoms with Gasteiger partial charge in [0, 0.05) is 17.8 Å². The van der Waals surface area contributed by atoms with E-state index in [1.165, 1.54) is 0 Å². The first-order chi connectivity index (χ1) is 9.06. The summed E-state index contributed by atoms with van der Waals surface area (Å²) in [5.74, 6) is 1.05. The lowest BCUT2D eigenvalue weighted by molar-refractivity contribution is 0.147. The Hall–Kier alpha value is -1.75. The van der Waals surface area contributed by atoms with Gasteiger partial charge in [0.15, 0.2) is 0 Å². The Labute approximate surface area is 114 Å². The molecular weight excluding hydrogens is 244 g/mol. The van der Waals surface area contributed by atoms with Crippen molar-refractivity contribution in [1.29, 1.82) is 0 Å². The van der Waals surface area contributed by atoms with Gasteiger partial charge in [-0.05, 0) is 31.0 Å². The Morgan fingerprint density at radius 2 is 2.16 bits per heavy atom. The highest BCUT2D eigenvalue weighted by molar-refractivity contribution is 5.84.